The third-order valence-electron chi connectivity index (χ3n) is 2.58. The Kier molecular flexibility index (Phi) is 4.88. The number of hydrazine groups is 1. The van der Waals surface area contributed by atoms with Crippen LogP contribution in [0.5, 0.6) is 0 Å². The molecule has 1 heterocycles. The Morgan fingerprint density at radius 2 is 1.95 bits per heavy atom. The zero-order valence-corrected chi connectivity index (χ0v) is 10.8. The highest BCUT2D eigenvalue weighted by Crippen LogP contribution is 2.02. The molecule has 20 heavy (non-hydrogen) atoms. The molecule has 5 nitrogen and oxygen atoms in total. The zero-order valence-electron chi connectivity index (χ0n) is 10.8. The van der Waals surface area contributed by atoms with E-state index in [1.807, 2.05) is 6.07 Å². The molecule has 6 heteroatoms. The van der Waals surface area contributed by atoms with Gasteiger partial charge in [-0.05, 0) is 36.2 Å². The van der Waals surface area contributed by atoms with Gasteiger partial charge < -0.3 is 5.32 Å². The maximum Gasteiger partial charge on any atom is 0.333 e. The lowest BCUT2D eigenvalue weighted by molar-refractivity contribution is 0.243. The fourth-order valence-corrected chi connectivity index (χ4v) is 1.57. The van der Waals surface area contributed by atoms with Crippen LogP contribution < -0.4 is 16.2 Å². The Balaban J connectivity index is 1.66. The van der Waals surface area contributed by atoms with Gasteiger partial charge in [0.25, 0.3) is 0 Å². The number of amides is 2. The molecule has 0 fully saturated rings. The lowest BCUT2D eigenvalue weighted by Crippen LogP contribution is -2.40. The number of hydrogen-bond donors (Lipinski definition) is 3. The number of halogens is 1. The minimum Gasteiger partial charge on any atom is -0.336 e. The average molecular weight is 274 g/mol. The number of carbonyl (C=O) groups excluding carboxylic acids is 1. The standard InChI is InChI=1S/C14H15FN4O/c15-12-6-4-11(5-7-12)8-10-17-14(20)19-18-13-3-1-2-9-16-13/h1-7,9H,8,10H2,(H,16,18)(H2,17,19,20). The molecule has 2 amide bonds. The van der Waals surface area contributed by atoms with E-state index < -0.39 is 0 Å². The van der Waals surface area contributed by atoms with Crippen molar-refractivity contribution in [1.82, 2.24) is 15.7 Å². The molecule has 1 aromatic carbocycles. The third kappa shape index (κ3) is 4.56. The molecule has 0 saturated heterocycles. The molecule has 0 radical (unpaired) electrons. The summed E-state index contributed by atoms with van der Waals surface area (Å²) in [5.74, 6) is 0.292. The first-order chi connectivity index (χ1) is 9.74. The lowest BCUT2D eigenvalue weighted by atomic mass is 10.1. The molecule has 2 rings (SSSR count). The molecular formula is C14H15FN4O. The van der Waals surface area contributed by atoms with E-state index in [4.69, 9.17) is 0 Å². The summed E-state index contributed by atoms with van der Waals surface area (Å²) in [6, 6.07) is 11.2. The van der Waals surface area contributed by atoms with Crippen molar-refractivity contribution in [2.75, 3.05) is 12.0 Å². The minimum absolute atomic E-state index is 0.265. The predicted octanol–water partition coefficient (Wildman–Crippen LogP) is 2.09. The normalized spacial score (nSPS) is 9.85. The van der Waals surface area contributed by atoms with Crippen molar-refractivity contribution in [3.63, 3.8) is 0 Å². The first-order valence-corrected chi connectivity index (χ1v) is 6.19. The highest BCUT2D eigenvalue weighted by Gasteiger charge is 2.00. The van der Waals surface area contributed by atoms with Gasteiger partial charge in [-0.15, -0.1) is 0 Å². The molecule has 0 aliphatic carbocycles. The molecule has 0 aliphatic heterocycles. The summed E-state index contributed by atoms with van der Waals surface area (Å²) in [5.41, 5.74) is 6.11. The van der Waals surface area contributed by atoms with Crippen molar-refractivity contribution in [2.45, 2.75) is 6.42 Å². The van der Waals surface area contributed by atoms with Gasteiger partial charge in [-0.3, -0.25) is 10.9 Å². The number of carbonyl (C=O) groups is 1. The van der Waals surface area contributed by atoms with Crippen LogP contribution in [0.4, 0.5) is 15.0 Å². The van der Waals surface area contributed by atoms with E-state index in [1.54, 1.807) is 30.5 Å². The molecule has 0 bridgehead atoms. The fourth-order valence-electron chi connectivity index (χ4n) is 1.57. The second kappa shape index (κ2) is 7.08. The van der Waals surface area contributed by atoms with Crippen LogP contribution in [-0.2, 0) is 6.42 Å². The molecule has 0 aliphatic rings. The summed E-state index contributed by atoms with van der Waals surface area (Å²) in [6.07, 6.45) is 2.26. The number of aromatic nitrogens is 1. The number of urea groups is 1. The van der Waals surface area contributed by atoms with Crippen LogP contribution in [-0.4, -0.2) is 17.6 Å². The number of rotatable bonds is 5. The Bertz CT molecular complexity index is 545. The predicted molar refractivity (Wildman–Crippen MR) is 74.5 cm³/mol. The van der Waals surface area contributed by atoms with Gasteiger partial charge in [0.2, 0.25) is 0 Å². The molecule has 1 aromatic heterocycles. The van der Waals surface area contributed by atoms with Gasteiger partial charge in [-0.25, -0.2) is 14.2 Å². The monoisotopic (exact) mass is 274 g/mol. The first kappa shape index (κ1) is 13.8. The van der Waals surface area contributed by atoms with E-state index >= 15 is 0 Å². The molecule has 0 unspecified atom stereocenters. The van der Waals surface area contributed by atoms with Crippen molar-refractivity contribution in [2.24, 2.45) is 0 Å². The summed E-state index contributed by atoms with van der Waals surface area (Å²) in [5, 5.41) is 2.68. The Morgan fingerprint density at radius 3 is 2.65 bits per heavy atom. The second-order valence-corrected chi connectivity index (χ2v) is 4.10. The van der Waals surface area contributed by atoms with E-state index in [0.29, 0.717) is 18.8 Å². The smallest absolute Gasteiger partial charge is 0.333 e. The van der Waals surface area contributed by atoms with Crippen LogP contribution in [0.3, 0.4) is 0 Å². The molecule has 0 atom stereocenters. The maximum absolute atomic E-state index is 12.7. The molecule has 0 spiro atoms. The number of hydrogen-bond acceptors (Lipinski definition) is 3. The molecule has 2 aromatic rings. The Morgan fingerprint density at radius 1 is 1.15 bits per heavy atom. The first-order valence-electron chi connectivity index (χ1n) is 6.19. The van der Waals surface area contributed by atoms with Gasteiger partial charge >= 0.3 is 6.03 Å². The number of nitrogens with one attached hydrogen (secondary N) is 3. The van der Waals surface area contributed by atoms with Crippen molar-refractivity contribution < 1.29 is 9.18 Å². The zero-order chi connectivity index (χ0) is 14.2. The summed E-state index contributed by atoms with van der Waals surface area (Å²) < 4.78 is 12.7. The molecular weight excluding hydrogens is 259 g/mol. The van der Waals surface area contributed by atoms with Crippen molar-refractivity contribution in [3.05, 3.63) is 60.0 Å². The van der Waals surface area contributed by atoms with Crippen molar-refractivity contribution >= 4 is 11.8 Å². The highest BCUT2D eigenvalue weighted by molar-refractivity contribution is 5.75. The minimum atomic E-state index is -0.349. The maximum atomic E-state index is 12.7. The van der Waals surface area contributed by atoms with Crippen LogP contribution in [0.15, 0.2) is 48.7 Å². The van der Waals surface area contributed by atoms with E-state index in [0.717, 1.165) is 5.56 Å². The summed E-state index contributed by atoms with van der Waals surface area (Å²) in [7, 11) is 0. The van der Waals surface area contributed by atoms with E-state index in [9.17, 15) is 9.18 Å². The van der Waals surface area contributed by atoms with Crippen molar-refractivity contribution in [3.8, 4) is 0 Å². The van der Waals surface area contributed by atoms with Crippen LogP contribution in [0.25, 0.3) is 0 Å². The van der Waals surface area contributed by atoms with E-state index in [1.165, 1.54) is 12.1 Å². The van der Waals surface area contributed by atoms with Gasteiger partial charge in [0.05, 0.1) is 0 Å². The quantitative estimate of drug-likeness (QED) is 0.731. The summed E-state index contributed by atoms with van der Waals surface area (Å²) in [4.78, 5) is 15.5. The Hall–Kier alpha value is -2.63. The lowest BCUT2D eigenvalue weighted by Gasteiger charge is -2.09. The van der Waals surface area contributed by atoms with Crippen molar-refractivity contribution in [1.29, 1.82) is 0 Å². The number of pyridine rings is 1. The van der Waals surface area contributed by atoms with Gasteiger partial charge in [0.15, 0.2) is 0 Å². The highest BCUT2D eigenvalue weighted by atomic mass is 19.1. The SMILES string of the molecule is O=C(NCCc1ccc(F)cc1)NNc1ccccn1. The van der Waals surface area contributed by atoms with Crippen LogP contribution in [0.1, 0.15) is 5.56 Å². The van der Waals surface area contributed by atoms with E-state index in [2.05, 4.69) is 21.2 Å². The Labute approximate surface area is 116 Å². The van der Waals surface area contributed by atoms with Crippen LogP contribution in [0.2, 0.25) is 0 Å². The average Bonchev–Trinajstić information content (AvgIpc) is 2.48. The number of anilines is 1. The van der Waals surface area contributed by atoms with Gasteiger partial charge in [-0.1, -0.05) is 18.2 Å². The van der Waals surface area contributed by atoms with Crippen LogP contribution >= 0.6 is 0 Å². The molecule has 104 valence electrons. The fraction of sp³-hybridized carbons (Fsp3) is 0.143. The second-order valence-electron chi connectivity index (χ2n) is 4.10. The number of nitrogens with zero attached hydrogens (tertiary/aromatic N) is 1. The number of benzene rings is 1. The molecule has 0 saturated carbocycles. The van der Waals surface area contributed by atoms with E-state index in [-0.39, 0.29) is 11.8 Å². The summed E-state index contributed by atoms with van der Waals surface area (Å²) >= 11 is 0. The van der Waals surface area contributed by atoms with Gasteiger partial charge in [0, 0.05) is 12.7 Å². The van der Waals surface area contributed by atoms with Gasteiger partial charge in [-0.2, -0.15) is 0 Å². The summed E-state index contributed by atoms with van der Waals surface area (Å²) in [6.45, 7) is 0.460. The van der Waals surface area contributed by atoms with Crippen LogP contribution in [0, 0.1) is 5.82 Å². The van der Waals surface area contributed by atoms with Gasteiger partial charge in [0.1, 0.15) is 11.6 Å². The largest absolute Gasteiger partial charge is 0.336 e. The third-order valence-corrected chi connectivity index (χ3v) is 2.58. The topological polar surface area (TPSA) is 66.1 Å². The molecule has 3 N–H and O–H groups in total.